The van der Waals surface area contributed by atoms with Crippen molar-refractivity contribution in [3.05, 3.63) is 177 Å². The molecule has 6 N–H and O–H groups in total. The second-order valence-electron chi connectivity index (χ2n) is 19.5. The number of halogens is 12. The molecule has 486 valence electrons. The van der Waals surface area contributed by atoms with Gasteiger partial charge in [0.05, 0.1) is 15.1 Å². The van der Waals surface area contributed by atoms with Crippen molar-refractivity contribution in [2.24, 2.45) is 0 Å². The lowest BCUT2D eigenvalue weighted by molar-refractivity contribution is -0.120. The lowest BCUT2D eigenvalue weighted by Crippen LogP contribution is -2.55. The van der Waals surface area contributed by atoms with Gasteiger partial charge in [-0.25, -0.2) is 13.2 Å². The Hall–Kier alpha value is -7.02. The standard InChI is InChI=1S/3C18H17ClF3N3O4S/c3*1-25-16(17(26)23-11-4-7-14(20)13(19)8-11)9-15(24-30(25,27)28)10-2-5-12(6-3-10)29-18(21)22/h3*2-8,15-16,18,24H,9H2,1H3,(H,23,26)/t15-,16?;;/m0../s1. The molecule has 0 saturated carbocycles. The smallest absolute Gasteiger partial charge is 0.387 e. The van der Waals surface area contributed by atoms with E-state index in [0.717, 1.165) is 31.1 Å². The molecule has 6 aromatic rings. The van der Waals surface area contributed by atoms with Crippen molar-refractivity contribution >= 4 is 100 Å². The van der Waals surface area contributed by atoms with E-state index < -0.39 is 122 Å². The maximum Gasteiger partial charge on any atom is 0.387 e. The molecule has 5 unspecified atom stereocenters. The van der Waals surface area contributed by atoms with Crippen LogP contribution in [-0.2, 0) is 45.0 Å². The molecule has 0 radical (unpaired) electrons. The molecule has 3 amide bonds. The quantitative estimate of drug-likeness (QED) is 0.0525. The number of nitrogens with one attached hydrogen (secondary N) is 6. The summed E-state index contributed by atoms with van der Waals surface area (Å²) in [4.78, 5) is 38.2. The summed E-state index contributed by atoms with van der Waals surface area (Å²) in [6, 6.07) is 21.5. The average molecular weight is 1390 g/mol. The molecule has 0 bridgehead atoms. The lowest BCUT2D eigenvalue weighted by Gasteiger charge is -2.36. The predicted octanol–water partition coefficient (Wildman–Crippen LogP) is 9.90. The van der Waals surface area contributed by atoms with Crippen LogP contribution in [0.25, 0.3) is 0 Å². The first-order valence-corrected chi connectivity index (χ1v) is 31.3. The Bertz CT molecular complexity index is 3510. The van der Waals surface area contributed by atoms with Crippen molar-refractivity contribution in [3.63, 3.8) is 0 Å². The molecule has 0 aliphatic carbocycles. The highest BCUT2D eigenvalue weighted by molar-refractivity contribution is 7.87. The van der Waals surface area contributed by atoms with E-state index in [-0.39, 0.29) is 68.6 Å². The van der Waals surface area contributed by atoms with Crippen LogP contribution in [0.3, 0.4) is 0 Å². The average Bonchev–Trinajstić information content (AvgIpc) is 0.818. The Labute approximate surface area is 524 Å². The van der Waals surface area contributed by atoms with E-state index in [9.17, 15) is 79.2 Å². The van der Waals surface area contributed by atoms with E-state index in [0.29, 0.717) is 16.7 Å². The van der Waals surface area contributed by atoms with Crippen molar-refractivity contribution in [2.45, 2.75) is 75.3 Å². The van der Waals surface area contributed by atoms with Crippen LogP contribution in [0.5, 0.6) is 17.2 Å². The molecule has 3 heterocycles. The molecule has 90 heavy (non-hydrogen) atoms. The van der Waals surface area contributed by atoms with Crippen LogP contribution in [0.1, 0.15) is 54.1 Å². The van der Waals surface area contributed by atoms with Gasteiger partial charge in [-0.2, -0.15) is 78.7 Å². The number of hydrogen-bond donors (Lipinski definition) is 6. The minimum absolute atomic E-state index is 0.0611. The molecule has 0 aromatic heterocycles. The van der Waals surface area contributed by atoms with Gasteiger partial charge in [-0.15, -0.1) is 0 Å². The first-order chi connectivity index (χ1) is 42.2. The highest BCUT2D eigenvalue weighted by atomic mass is 35.5. The lowest BCUT2D eigenvalue weighted by atomic mass is 9.99. The Balaban J connectivity index is 0.000000192. The zero-order valence-electron chi connectivity index (χ0n) is 46.4. The Kier molecular flexibility index (Phi) is 23.4. The van der Waals surface area contributed by atoms with Gasteiger partial charge in [-0.1, -0.05) is 71.2 Å². The number of carbonyl (C=O) groups excluding carboxylic acids is 3. The molecular weight excluding hydrogens is 1340 g/mol. The molecule has 6 atom stereocenters. The van der Waals surface area contributed by atoms with Crippen LogP contribution in [0.15, 0.2) is 127 Å². The van der Waals surface area contributed by atoms with E-state index in [2.05, 4.69) is 44.3 Å². The van der Waals surface area contributed by atoms with Gasteiger partial charge < -0.3 is 30.2 Å². The fourth-order valence-corrected chi connectivity index (χ4v) is 13.4. The minimum Gasteiger partial charge on any atom is -0.435 e. The normalized spacial score (nSPS) is 21.4. The Morgan fingerprint density at radius 3 is 0.844 bits per heavy atom. The number of hydrogen-bond acceptors (Lipinski definition) is 12. The van der Waals surface area contributed by atoms with Gasteiger partial charge >= 0.3 is 19.8 Å². The molecule has 3 fully saturated rings. The summed E-state index contributed by atoms with van der Waals surface area (Å²) in [5.74, 6) is -4.10. The number of amides is 3. The summed E-state index contributed by atoms with van der Waals surface area (Å²) >= 11 is 17.1. The number of likely N-dealkylation sites (N-methyl/N-ethyl adjacent to an activating group) is 3. The largest absolute Gasteiger partial charge is 0.435 e. The first kappa shape index (κ1) is 70.4. The van der Waals surface area contributed by atoms with Crippen molar-refractivity contribution in [1.29, 1.82) is 0 Å². The van der Waals surface area contributed by atoms with E-state index in [1.165, 1.54) is 130 Å². The monoisotopic (exact) mass is 1390 g/mol. The highest BCUT2D eigenvalue weighted by Crippen LogP contribution is 2.34. The van der Waals surface area contributed by atoms with Gasteiger partial charge in [0.25, 0.3) is 30.6 Å². The van der Waals surface area contributed by atoms with Crippen molar-refractivity contribution in [2.75, 3.05) is 37.1 Å². The van der Waals surface area contributed by atoms with Crippen LogP contribution in [0.4, 0.5) is 56.6 Å². The molecule has 3 aliphatic rings. The molecule has 6 aromatic carbocycles. The Morgan fingerprint density at radius 1 is 0.422 bits per heavy atom. The third-order valence-electron chi connectivity index (χ3n) is 13.7. The van der Waals surface area contributed by atoms with Gasteiger partial charge in [0.1, 0.15) is 52.8 Å². The highest BCUT2D eigenvalue weighted by Gasteiger charge is 2.43. The number of carbonyl (C=O) groups is 3. The summed E-state index contributed by atoms with van der Waals surface area (Å²) in [5, 5.41) is 7.00. The number of nitrogens with zero attached hydrogens (tertiary/aromatic N) is 3. The molecule has 36 heteroatoms. The number of benzene rings is 6. The Morgan fingerprint density at radius 2 is 0.644 bits per heavy atom. The summed E-state index contributed by atoms with van der Waals surface area (Å²) < 4.78 is 211. The molecule has 21 nitrogen and oxygen atoms in total. The van der Waals surface area contributed by atoms with Crippen LogP contribution >= 0.6 is 34.8 Å². The number of rotatable bonds is 15. The fraction of sp³-hybridized carbons (Fsp3) is 0.278. The van der Waals surface area contributed by atoms with Crippen LogP contribution in [0, 0.1) is 17.5 Å². The predicted molar refractivity (Wildman–Crippen MR) is 312 cm³/mol. The maximum absolute atomic E-state index is 13.3. The minimum atomic E-state index is -4.00. The third kappa shape index (κ3) is 18.6. The summed E-state index contributed by atoms with van der Waals surface area (Å²) in [7, 11) is -8.26. The zero-order chi connectivity index (χ0) is 66.2. The second kappa shape index (κ2) is 29.9. The molecule has 0 spiro atoms. The summed E-state index contributed by atoms with van der Waals surface area (Å²) in [5.41, 5.74) is 2.03. The number of anilines is 3. The molecule has 9 rings (SSSR count). The van der Waals surface area contributed by atoms with Crippen LogP contribution < -0.4 is 44.3 Å². The van der Waals surface area contributed by atoms with Gasteiger partial charge in [0.15, 0.2) is 0 Å². The number of alkyl halides is 6. The van der Waals surface area contributed by atoms with E-state index in [4.69, 9.17) is 34.8 Å². The fourth-order valence-electron chi connectivity index (χ4n) is 9.02. The molecule has 3 aliphatic heterocycles. The van der Waals surface area contributed by atoms with Crippen LogP contribution in [0.2, 0.25) is 15.1 Å². The first-order valence-electron chi connectivity index (χ1n) is 25.9. The van der Waals surface area contributed by atoms with E-state index in [1.54, 1.807) is 0 Å². The maximum atomic E-state index is 13.3. The van der Waals surface area contributed by atoms with Crippen molar-refractivity contribution in [1.82, 2.24) is 27.1 Å². The van der Waals surface area contributed by atoms with Crippen molar-refractivity contribution in [3.8, 4) is 17.2 Å². The van der Waals surface area contributed by atoms with Gasteiger partial charge in [0.2, 0.25) is 17.7 Å². The van der Waals surface area contributed by atoms with Gasteiger partial charge in [0, 0.05) is 56.3 Å². The van der Waals surface area contributed by atoms with E-state index >= 15 is 0 Å². The summed E-state index contributed by atoms with van der Waals surface area (Å²) in [6.45, 7) is -8.94. The molecular formula is C54H51Cl3F9N9O12S3. The van der Waals surface area contributed by atoms with E-state index in [1.807, 2.05) is 0 Å². The third-order valence-corrected chi connectivity index (χ3v) is 19.4. The summed E-state index contributed by atoms with van der Waals surface area (Å²) in [6.07, 6.45) is 0.183. The topological polar surface area (TPSA) is 263 Å². The van der Waals surface area contributed by atoms with Gasteiger partial charge in [-0.3, -0.25) is 14.4 Å². The second-order valence-corrected chi connectivity index (χ2v) is 26.0. The van der Waals surface area contributed by atoms with Crippen molar-refractivity contribution < 1.29 is 93.4 Å². The SMILES string of the molecule is CN1C(C(=O)Nc2ccc(F)c(Cl)c2)CC(c2ccc(OC(F)F)cc2)NS1(=O)=O.CN1C(C(=O)Nc2ccc(F)c(Cl)c2)CC(c2ccc(OC(F)F)cc2)NS1(=O)=O.CN1C(C(=O)Nc2ccc(F)c(Cl)c2)C[C@@H](c2ccc(OC(F)F)cc2)NS1(=O)=O. The molecule has 3 saturated heterocycles. The number of ether oxygens (including phenoxy) is 3. The van der Waals surface area contributed by atoms with Gasteiger partial charge in [-0.05, 0) is 127 Å². The van der Waals surface area contributed by atoms with Crippen LogP contribution in [-0.4, -0.2) is 115 Å². The zero-order valence-corrected chi connectivity index (χ0v) is 51.2.